The number of rotatable bonds is 6. The fourth-order valence-electron chi connectivity index (χ4n) is 3.04. The molecule has 0 aromatic heterocycles. The Balaban J connectivity index is 2.30. The predicted octanol–water partition coefficient (Wildman–Crippen LogP) is 4.97. The molecule has 1 aromatic rings. The standard InChI is InChI=1S/C18H29NS2/c1-5-9-19-17(15-12-13(3)7-8-14(15)4)18-16(6-2)20-10-11-21-18/h7-8,12,16-19H,5-6,9-11H2,1-4H3. The molecule has 3 unspecified atom stereocenters. The van der Waals surface area contributed by atoms with Crippen LogP contribution in [0.4, 0.5) is 0 Å². The first kappa shape index (κ1) is 17.2. The van der Waals surface area contributed by atoms with Gasteiger partial charge in [0.25, 0.3) is 0 Å². The molecule has 1 nitrogen and oxygen atoms in total. The maximum Gasteiger partial charge on any atom is 0.0454 e. The molecule has 0 amide bonds. The van der Waals surface area contributed by atoms with E-state index in [9.17, 15) is 0 Å². The van der Waals surface area contributed by atoms with Gasteiger partial charge < -0.3 is 5.32 Å². The van der Waals surface area contributed by atoms with Crippen molar-refractivity contribution in [1.29, 1.82) is 0 Å². The van der Waals surface area contributed by atoms with Gasteiger partial charge in [-0.3, -0.25) is 0 Å². The SMILES string of the molecule is CCCNC(c1cc(C)ccc1C)C1SCCSC1CC. The van der Waals surface area contributed by atoms with E-state index in [0.29, 0.717) is 11.3 Å². The molecule has 0 bridgehead atoms. The van der Waals surface area contributed by atoms with Crippen molar-refractivity contribution in [3.63, 3.8) is 0 Å². The Bertz CT molecular complexity index is 447. The van der Waals surface area contributed by atoms with Crippen molar-refractivity contribution in [3.05, 3.63) is 34.9 Å². The molecule has 118 valence electrons. The lowest BCUT2D eigenvalue weighted by molar-refractivity contribution is 0.496. The van der Waals surface area contributed by atoms with Gasteiger partial charge >= 0.3 is 0 Å². The molecular formula is C18H29NS2. The maximum atomic E-state index is 3.85. The molecule has 3 heteroatoms. The summed E-state index contributed by atoms with van der Waals surface area (Å²) in [6, 6.07) is 7.41. The average molecular weight is 324 g/mol. The second-order valence-corrected chi connectivity index (χ2v) is 8.58. The molecule has 1 aliphatic rings. The summed E-state index contributed by atoms with van der Waals surface area (Å²) in [5.41, 5.74) is 4.32. The van der Waals surface area contributed by atoms with E-state index < -0.39 is 0 Å². The molecule has 1 saturated heterocycles. The zero-order valence-electron chi connectivity index (χ0n) is 13.8. The molecule has 21 heavy (non-hydrogen) atoms. The molecule has 0 aliphatic carbocycles. The van der Waals surface area contributed by atoms with Gasteiger partial charge in [0.2, 0.25) is 0 Å². The second-order valence-electron chi connectivity index (χ2n) is 5.94. The highest BCUT2D eigenvalue weighted by molar-refractivity contribution is 8.07. The molecule has 1 heterocycles. The van der Waals surface area contributed by atoms with Gasteiger partial charge in [-0.2, -0.15) is 23.5 Å². The van der Waals surface area contributed by atoms with E-state index >= 15 is 0 Å². The fourth-order valence-corrected chi connectivity index (χ4v) is 6.29. The third kappa shape index (κ3) is 4.43. The minimum Gasteiger partial charge on any atom is -0.309 e. The molecule has 0 radical (unpaired) electrons. The van der Waals surface area contributed by atoms with E-state index in [1.807, 2.05) is 0 Å². The largest absolute Gasteiger partial charge is 0.309 e. The molecule has 2 rings (SSSR count). The third-order valence-corrected chi connectivity index (χ3v) is 7.56. The van der Waals surface area contributed by atoms with Crippen LogP contribution < -0.4 is 5.32 Å². The van der Waals surface area contributed by atoms with Gasteiger partial charge in [-0.05, 0) is 44.4 Å². The van der Waals surface area contributed by atoms with Crippen molar-refractivity contribution in [2.24, 2.45) is 0 Å². The smallest absolute Gasteiger partial charge is 0.0454 e. The van der Waals surface area contributed by atoms with Crippen molar-refractivity contribution in [3.8, 4) is 0 Å². The van der Waals surface area contributed by atoms with Crippen LogP contribution in [0.25, 0.3) is 0 Å². The summed E-state index contributed by atoms with van der Waals surface area (Å²) < 4.78 is 0. The van der Waals surface area contributed by atoms with Crippen LogP contribution in [0.2, 0.25) is 0 Å². The number of aryl methyl sites for hydroxylation is 2. The molecule has 0 spiro atoms. The van der Waals surface area contributed by atoms with E-state index in [1.165, 1.54) is 41.0 Å². The molecule has 1 fully saturated rings. The van der Waals surface area contributed by atoms with Crippen LogP contribution in [-0.4, -0.2) is 28.6 Å². The predicted molar refractivity (Wildman–Crippen MR) is 99.7 cm³/mol. The Kier molecular flexibility index (Phi) is 6.97. The molecule has 1 aliphatic heterocycles. The summed E-state index contributed by atoms with van der Waals surface area (Å²) in [6.07, 6.45) is 2.47. The normalized spacial score (nSPS) is 24.0. The van der Waals surface area contributed by atoms with Crippen LogP contribution in [0.1, 0.15) is 49.4 Å². The number of thioether (sulfide) groups is 2. The second kappa shape index (κ2) is 8.50. The van der Waals surface area contributed by atoms with Crippen LogP contribution in [0.5, 0.6) is 0 Å². The van der Waals surface area contributed by atoms with Crippen molar-refractivity contribution in [2.45, 2.75) is 57.1 Å². The highest BCUT2D eigenvalue weighted by Gasteiger charge is 2.33. The molecular weight excluding hydrogens is 294 g/mol. The molecule has 1 aromatic carbocycles. The summed E-state index contributed by atoms with van der Waals surface area (Å²) in [5, 5.41) is 5.32. The molecule has 3 atom stereocenters. The lowest BCUT2D eigenvalue weighted by Crippen LogP contribution is -2.39. The molecule has 0 saturated carbocycles. The zero-order chi connectivity index (χ0) is 15.2. The third-order valence-electron chi connectivity index (χ3n) is 4.21. The lowest BCUT2D eigenvalue weighted by atomic mass is 9.94. The van der Waals surface area contributed by atoms with E-state index in [-0.39, 0.29) is 0 Å². The van der Waals surface area contributed by atoms with Gasteiger partial charge in [-0.15, -0.1) is 0 Å². The Hall–Kier alpha value is -0.120. The van der Waals surface area contributed by atoms with E-state index in [4.69, 9.17) is 0 Å². The highest BCUT2D eigenvalue weighted by atomic mass is 32.2. The maximum absolute atomic E-state index is 3.85. The first-order valence-corrected chi connectivity index (χ1v) is 10.3. The summed E-state index contributed by atoms with van der Waals surface area (Å²) in [7, 11) is 0. The monoisotopic (exact) mass is 323 g/mol. The minimum absolute atomic E-state index is 0.493. The van der Waals surface area contributed by atoms with Crippen molar-refractivity contribution >= 4 is 23.5 Å². The Morgan fingerprint density at radius 2 is 1.95 bits per heavy atom. The first-order chi connectivity index (χ1) is 10.2. The van der Waals surface area contributed by atoms with Gasteiger partial charge in [0.1, 0.15) is 0 Å². The lowest BCUT2D eigenvalue weighted by Gasteiger charge is -2.37. The van der Waals surface area contributed by atoms with Crippen LogP contribution >= 0.6 is 23.5 Å². The number of nitrogens with one attached hydrogen (secondary N) is 1. The van der Waals surface area contributed by atoms with Crippen LogP contribution in [0, 0.1) is 13.8 Å². The van der Waals surface area contributed by atoms with E-state index in [1.54, 1.807) is 0 Å². The summed E-state index contributed by atoms with van der Waals surface area (Å²) in [4.78, 5) is 0. The Morgan fingerprint density at radius 3 is 2.67 bits per heavy atom. The number of hydrogen-bond donors (Lipinski definition) is 1. The topological polar surface area (TPSA) is 12.0 Å². The van der Waals surface area contributed by atoms with Crippen molar-refractivity contribution in [1.82, 2.24) is 5.32 Å². The van der Waals surface area contributed by atoms with Gasteiger partial charge in [0.05, 0.1) is 0 Å². The summed E-state index contributed by atoms with van der Waals surface area (Å²) in [6.45, 7) is 10.2. The van der Waals surface area contributed by atoms with Gasteiger partial charge in [-0.25, -0.2) is 0 Å². The van der Waals surface area contributed by atoms with Crippen molar-refractivity contribution < 1.29 is 0 Å². The van der Waals surface area contributed by atoms with Gasteiger partial charge in [0.15, 0.2) is 0 Å². The van der Waals surface area contributed by atoms with Crippen LogP contribution in [0.15, 0.2) is 18.2 Å². The van der Waals surface area contributed by atoms with Crippen LogP contribution in [-0.2, 0) is 0 Å². The quantitative estimate of drug-likeness (QED) is 0.793. The Labute approximate surface area is 139 Å². The van der Waals surface area contributed by atoms with Gasteiger partial charge in [-0.1, -0.05) is 37.6 Å². The van der Waals surface area contributed by atoms with Crippen molar-refractivity contribution in [2.75, 3.05) is 18.1 Å². The number of benzene rings is 1. The summed E-state index contributed by atoms with van der Waals surface area (Å²) in [5.74, 6) is 2.61. The summed E-state index contributed by atoms with van der Waals surface area (Å²) >= 11 is 4.36. The highest BCUT2D eigenvalue weighted by Crippen LogP contribution is 2.41. The van der Waals surface area contributed by atoms with Crippen LogP contribution in [0.3, 0.4) is 0 Å². The van der Waals surface area contributed by atoms with E-state index in [0.717, 1.165) is 11.8 Å². The average Bonchev–Trinajstić information content (AvgIpc) is 2.51. The Morgan fingerprint density at radius 1 is 1.19 bits per heavy atom. The first-order valence-electron chi connectivity index (χ1n) is 8.21. The van der Waals surface area contributed by atoms with E-state index in [2.05, 4.69) is 74.7 Å². The number of hydrogen-bond acceptors (Lipinski definition) is 3. The molecule has 1 N–H and O–H groups in total. The van der Waals surface area contributed by atoms with Gasteiger partial charge in [0, 0.05) is 28.0 Å². The zero-order valence-corrected chi connectivity index (χ0v) is 15.4. The fraction of sp³-hybridized carbons (Fsp3) is 0.667. The minimum atomic E-state index is 0.493.